The van der Waals surface area contributed by atoms with E-state index in [2.05, 4.69) is 14.7 Å². The second-order valence-corrected chi connectivity index (χ2v) is 3.78. The summed E-state index contributed by atoms with van der Waals surface area (Å²) in [4.78, 5) is 17.9. The molecule has 0 radical (unpaired) electrons. The molecule has 0 bridgehead atoms. The lowest BCUT2D eigenvalue weighted by atomic mass is 10.3. The first-order chi connectivity index (χ1) is 8.13. The Balaban J connectivity index is 0.000000209. The van der Waals surface area contributed by atoms with Crippen LogP contribution in [-0.2, 0) is 9.53 Å². The van der Waals surface area contributed by atoms with Crippen molar-refractivity contribution < 1.29 is 9.53 Å². The fraction of sp³-hybridized carbons (Fsp3) is 0.308. The molecular weight excluding hydrogens is 216 g/mol. The Morgan fingerprint density at radius 2 is 1.88 bits per heavy atom. The van der Waals surface area contributed by atoms with Crippen LogP contribution in [-0.4, -0.2) is 22.5 Å². The van der Waals surface area contributed by atoms with E-state index in [1.54, 1.807) is 20.0 Å². The molecule has 2 rings (SSSR count). The molecule has 0 N–H and O–H groups in total. The van der Waals surface area contributed by atoms with Crippen LogP contribution in [0.5, 0.6) is 0 Å². The van der Waals surface area contributed by atoms with Gasteiger partial charge in [-0.2, -0.15) is 0 Å². The van der Waals surface area contributed by atoms with Crippen LogP contribution in [0.3, 0.4) is 0 Å². The number of aryl methyl sites for hydroxylation is 1. The summed E-state index contributed by atoms with van der Waals surface area (Å²) in [5.41, 5.74) is 2.88. The van der Waals surface area contributed by atoms with Crippen LogP contribution in [0.4, 0.5) is 0 Å². The maximum atomic E-state index is 9.39. The summed E-state index contributed by atoms with van der Waals surface area (Å²) in [7, 11) is 0. The van der Waals surface area contributed by atoms with Crippen molar-refractivity contribution >= 4 is 17.5 Å². The van der Waals surface area contributed by atoms with Crippen LogP contribution >= 0.6 is 0 Å². The van der Waals surface area contributed by atoms with Gasteiger partial charge < -0.3 is 4.74 Å². The second kappa shape index (κ2) is 6.58. The van der Waals surface area contributed by atoms with E-state index < -0.39 is 0 Å². The van der Waals surface area contributed by atoms with Gasteiger partial charge in [0.05, 0.1) is 22.8 Å². The van der Waals surface area contributed by atoms with E-state index in [4.69, 9.17) is 0 Å². The Bertz CT molecular complexity index is 484. The SMILES string of the molecule is CC(C)OC=O.Cc1cnc2ccccc2n1. The molecular formula is C13H16N2O2. The summed E-state index contributed by atoms with van der Waals surface area (Å²) in [5, 5.41) is 0. The molecule has 0 unspecified atom stereocenters. The minimum atomic E-state index is 0.0301. The van der Waals surface area contributed by atoms with Crippen molar-refractivity contribution in [2.24, 2.45) is 0 Å². The lowest BCUT2D eigenvalue weighted by Gasteiger charge is -1.96. The van der Waals surface area contributed by atoms with Gasteiger partial charge in [0.15, 0.2) is 0 Å². The lowest BCUT2D eigenvalue weighted by Crippen LogP contribution is -1.98. The minimum Gasteiger partial charge on any atom is -0.465 e. The van der Waals surface area contributed by atoms with Crippen molar-refractivity contribution in [3.05, 3.63) is 36.2 Å². The molecule has 0 spiro atoms. The highest BCUT2D eigenvalue weighted by Gasteiger charge is 1.92. The molecule has 0 atom stereocenters. The molecule has 0 aliphatic heterocycles. The van der Waals surface area contributed by atoms with Crippen molar-refractivity contribution in [1.82, 2.24) is 9.97 Å². The molecule has 4 heteroatoms. The number of carbonyl (C=O) groups is 1. The van der Waals surface area contributed by atoms with E-state index in [-0.39, 0.29) is 6.10 Å². The third-order valence-corrected chi connectivity index (χ3v) is 1.90. The smallest absolute Gasteiger partial charge is 0.293 e. The molecule has 17 heavy (non-hydrogen) atoms. The summed E-state index contributed by atoms with van der Waals surface area (Å²) in [6, 6.07) is 7.86. The summed E-state index contributed by atoms with van der Waals surface area (Å²) in [6.45, 7) is 5.99. The Hall–Kier alpha value is -1.97. The highest BCUT2D eigenvalue weighted by Crippen LogP contribution is 2.06. The van der Waals surface area contributed by atoms with Crippen LogP contribution in [0.2, 0.25) is 0 Å². The maximum Gasteiger partial charge on any atom is 0.293 e. The van der Waals surface area contributed by atoms with Crippen molar-refractivity contribution in [2.45, 2.75) is 26.9 Å². The number of carbonyl (C=O) groups excluding carboxylic acids is 1. The highest BCUT2D eigenvalue weighted by molar-refractivity contribution is 5.73. The number of ether oxygens (including phenoxy) is 1. The van der Waals surface area contributed by atoms with Gasteiger partial charge in [-0.05, 0) is 32.9 Å². The number of rotatable bonds is 2. The van der Waals surface area contributed by atoms with Crippen molar-refractivity contribution in [1.29, 1.82) is 0 Å². The molecule has 0 aliphatic rings. The van der Waals surface area contributed by atoms with Gasteiger partial charge in [-0.25, -0.2) is 4.98 Å². The molecule has 0 aliphatic carbocycles. The first kappa shape index (κ1) is 13.1. The normalized spacial score (nSPS) is 9.65. The number of benzene rings is 1. The standard InChI is InChI=1S/C9H8N2.C4H8O2/c1-7-6-10-8-4-2-3-5-9(8)11-7;1-4(2)6-3-5/h2-6H,1H3;3-4H,1-2H3. The van der Waals surface area contributed by atoms with Crippen LogP contribution in [0.1, 0.15) is 19.5 Å². The monoisotopic (exact) mass is 232 g/mol. The number of hydrogen-bond donors (Lipinski definition) is 0. The average Bonchev–Trinajstić information content (AvgIpc) is 2.29. The Kier molecular flexibility index (Phi) is 5.07. The van der Waals surface area contributed by atoms with E-state index in [1.165, 1.54) is 0 Å². The largest absolute Gasteiger partial charge is 0.465 e. The summed E-state index contributed by atoms with van der Waals surface area (Å²) in [5.74, 6) is 0. The van der Waals surface area contributed by atoms with E-state index in [9.17, 15) is 4.79 Å². The van der Waals surface area contributed by atoms with Gasteiger partial charge in [0, 0.05) is 6.20 Å². The molecule has 0 fully saturated rings. The Morgan fingerprint density at radius 1 is 1.24 bits per heavy atom. The van der Waals surface area contributed by atoms with Crippen LogP contribution < -0.4 is 0 Å². The third kappa shape index (κ3) is 4.59. The van der Waals surface area contributed by atoms with E-state index in [0.29, 0.717) is 6.47 Å². The molecule has 2 aromatic rings. The topological polar surface area (TPSA) is 52.1 Å². The van der Waals surface area contributed by atoms with Gasteiger partial charge in [0.2, 0.25) is 0 Å². The number of fused-ring (bicyclic) bond motifs is 1. The number of aromatic nitrogens is 2. The van der Waals surface area contributed by atoms with Crippen LogP contribution in [0.15, 0.2) is 30.5 Å². The number of para-hydroxylation sites is 2. The quantitative estimate of drug-likeness (QED) is 0.746. The molecule has 4 nitrogen and oxygen atoms in total. The first-order valence-electron chi connectivity index (χ1n) is 5.41. The Labute approximate surface area is 101 Å². The maximum absolute atomic E-state index is 9.39. The van der Waals surface area contributed by atoms with Crippen LogP contribution in [0, 0.1) is 6.92 Å². The Morgan fingerprint density at radius 3 is 2.41 bits per heavy atom. The predicted octanol–water partition coefficient (Wildman–Crippen LogP) is 2.51. The first-order valence-corrected chi connectivity index (χ1v) is 5.41. The van der Waals surface area contributed by atoms with E-state index >= 15 is 0 Å². The van der Waals surface area contributed by atoms with Gasteiger partial charge in [-0.1, -0.05) is 12.1 Å². The zero-order chi connectivity index (χ0) is 12.7. The van der Waals surface area contributed by atoms with Crippen molar-refractivity contribution in [3.63, 3.8) is 0 Å². The molecule has 1 aromatic heterocycles. The molecule has 0 saturated heterocycles. The highest BCUT2D eigenvalue weighted by atomic mass is 16.5. The minimum absolute atomic E-state index is 0.0301. The van der Waals surface area contributed by atoms with Gasteiger partial charge in [-0.15, -0.1) is 0 Å². The van der Waals surface area contributed by atoms with Gasteiger partial charge >= 0.3 is 0 Å². The fourth-order valence-corrected chi connectivity index (χ4v) is 1.16. The summed E-state index contributed by atoms with van der Waals surface area (Å²) >= 11 is 0. The molecule has 90 valence electrons. The number of hydrogen-bond acceptors (Lipinski definition) is 4. The molecule has 1 heterocycles. The molecule has 1 aromatic carbocycles. The second-order valence-electron chi connectivity index (χ2n) is 3.78. The van der Waals surface area contributed by atoms with Gasteiger partial charge in [-0.3, -0.25) is 9.78 Å². The molecule has 0 saturated carbocycles. The molecule has 0 amide bonds. The number of nitrogens with zero attached hydrogens (tertiary/aromatic N) is 2. The zero-order valence-corrected chi connectivity index (χ0v) is 10.3. The zero-order valence-electron chi connectivity index (χ0n) is 10.3. The predicted molar refractivity (Wildman–Crippen MR) is 66.6 cm³/mol. The van der Waals surface area contributed by atoms with Gasteiger partial charge in [0.25, 0.3) is 6.47 Å². The fourth-order valence-electron chi connectivity index (χ4n) is 1.16. The van der Waals surface area contributed by atoms with E-state index in [0.717, 1.165) is 16.7 Å². The lowest BCUT2D eigenvalue weighted by molar-refractivity contribution is -0.131. The van der Waals surface area contributed by atoms with Crippen molar-refractivity contribution in [2.75, 3.05) is 0 Å². The van der Waals surface area contributed by atoms with Crippen LogP contribution in [0.25, 0.3) is 11.0 Å². The third-order valence-electron chi connectivity index (χ3n) is 1.90. The van der Waals surface area contributed by atoms with Gasteiger partial charge in [0.1, 0.15) is 0 Å². The van der Waals surface area contributed by atoms with Crippen molar-refractivity contribution in [3.8, 4) is 0 Å². The summed E-state index contributed by atoms with van der Waals surface area (Å²) < 4.78 is 4.36. The summed E-state index contributed by atoms with van der Waals surface area (Å²) in [6.07, 6.45) is 1.81. The average molecular weight is 232 g/mol. The van der Waals surface area contributed by atoms with E-state index in [1.807, 2.05) is 31.2 Å².